The van der Waals surface area contributed by atoms with E-state index in [1.807, 2.05) is 43.3 Å². The van der Waals surface area contributed by atoms with Crippen LogP contribution in [-0.4, -0.2) is 37.6 Å². The molecule has 3 N–H and O–H groups in total. The first-order valence-electron chi connectivity index (χ1n) is 8.70. The summed E-state index contributed by atoms with van der Waals surface area (Å²) in [5.74, 6) is -0.314. The minimum absolute atomic E-state index is 0.0219. The Balaban J connectivity index is 1.65. The van der Waals surface area contributed by atoms with Gasteiger partial charge >= 0.3 is 0 Å². The van der Waals surface area contributed by atoms with Crippen LogP contribution in [-0.2, 0) is 9.53 Å². The van der Waals surface area contributed by atoms with Gasteiger partial charge in [0.25, 0.3) is 5.91 Å². The van der Waals surface area contributed by atoms with Gasteiger partial charge in [0.15, 0.2) is 0 Å². The Hall–Kier alpha value is -2.70. The lowest BCUT2D eigenvalue weighted by Gasteiger charge is -2.23. The fourth-order valence-electron chi connectivity index (χ4n) is 2.80. The molecule has 1 saturated heterocycles. The number of carbonyl (C=O) groups is 2. The average molecular weight is 353 g/mol. The van der Waals surface area contributed by atoms with E-state index in [4.69, 9.17) is 4.74 Å². The lowest BCUT2D eigenvalue weighted by Crippen LogP contribution is -2.43. The van der Waals surface area contributed by atoms with Gasteiger partial charge in [-0.3, -0.25) is 9.59 Å². The van der Waals surface area contributed by atoms with Gasteiger partial charge in [-0.1, -0.05) is 24.3 Å². The van der Waals surface area contributed by atoms with E-state index in [0.717, 1.165) is 17.8 Å². The molecule has 2 amide bonds. The van der Waals surface area contributed by atoms with Crippen LogP contribution in [0, 0.1) is 6.92 Å². The number of carbonyl (C=O) groups excluding carboxylic acids is 2. The molecule has 1 atom stereocenters. The molecule has 1 unspecified atom stereocenters. The number of benzene rings is 2. The lowest BCUT2D eigenvalue weighted by molar-refractivity contribution is -0.117. The van der Waals surface area contributed by atoms with Crippen molar-refractivity contribution >= 4 is 23.2 Å². The molecule has 136 valence electrons. The fraction of sp³-hybridized carbons (Fsp3) is 0.300. The van der Waals surface area contributed by atoms with Crippen LogP contribution in [0.2, 0.25) is 0 Å². The smallest absolute Gasteiger partial charge is 0.255 e. The van der Waals surface area contributed by atoms with Crippen molar-refractivity contribution in [3.63, 3.8) is 0 Å². The Kier molecular flexibility index (Phi) is 5.99. The molecule has 1 fully saturated rings. The molecular formula is C20H23N3O3. The minimum atomic E-state index is -0.214. The van der Waals surface area contributed by atoms with E-state index in [0.29, 0.717) is 30.9 Å². The van der Waals surface area contributed by atoms with E-state index in [9.17, 15) is 9.59 Å². The quantitative estimate of drug-likeness (QED) is 0.772. The Bertz CT molecular complexity index is 771. The number of hydrogen-bond donors (Lipinski definition) is 3. The summed E-state index contributed by atoms with van der Waals surface area (Å²) in [7, 11) is 0. The zero-order valence-corrected chi connectivity index (χ0v) is 14.7. The first-order chi connectivity index (χ1) is 12.6. The Morgan fingerprint density at radius 3 is 2.69 bits per heavy atom. The molecule has 1 aliphatic rings. The second-order valence-electron chi connectivity index (χ2n) is 6.33. The van der Waals surface area contributed by atoms with E-state index in [-0.39, 0.29) is 17.9 Å². The summed E-state index contributed by atoms with van der Waals surface area (Å²) < 4.78 is 5.37. The van der Waals surface area contributed by atoms with Crippen molar-refractivity contribution < 1.29 is 14.3 Å². The monoisotopic (exact) mass is 353 g/mol. The van der Waals surface area contributed by atoms with E-state index in [1.165, 1.54) is 0 Å². The van der Waals surface area contributed by atoms with Crippen LogP contribution in [0.25, 0.3) is 0 Å². The van der Waals surface area contributed by atoms with Crippen LogP contribution >= 0.6 is 0 Å². The number of morpholine rings is 1. The van der Waals surface area contributed by atoms with Crippen molar-refractivity contribution in [3.8, 4) is 0 Å². The van der Waals surface area contributed by atoms with Crippen LogP contribution in [0.5, 0.6) is 0 Å². The molecular weight excluding hydrogens is 330 g/mol. The first kappa shape index (κ1) is 18.1. The van der Waals surface area contributed by atoms with Gasteiger partial charge in [-0.25, -0.2) is 0 Å². The zero-order chi connectivity index (χ0) is 18.4. The molecule has 6 heteroatoms. The third-order valence-electron chi connectivity index (χ3n) is 4.24. The zero-order valence-electron chi connectivity index (χ0n) is 14.7. The molecule has 0 aromatic heterocycles. The van der Waals surface area contributed by atoms with Gasteiger partial charge in [0.2, 0.25) is 5.91 Å². The molecule has 6 nitrogen and oxygen atoms in total. The Labute approximate surface area is 152 Å². The summed E-state index contributed by atoms with van der Waals surface area (Å²) in [5, 5.41) is 9.01. The summed E-state index contributed by atoms with van der Waals surface area (Å²) in [4.78, 5) is 24.7. The molecule has 3 rings (SSSR count). The van der Waals surface area contributed by atoms with Crippen molar-refractivity contribution in [1.82, 2.24) is 5.32 Å². The number of rotatable bonds is 5. The molecule has 2 aromatic carbocycles. The number of para-hydroxylation sites is 1. The average Bonchev–Trinajstić information content (AvgIpc) is 2.65. The standard InChI is InChI=1S/C20H23N3O3/c1-14-7-8-15(20(25)22-16-5-3-2-4-6-16)11-18(14)23-19(24)12-17-13-26-10-9-21-17/h2-8,11,17,21H,9-10,12-13H2,1H3,(H,22,25)(H,23,24). The van der Waals surface area contributed by atoms with Crippen LogP contribution < -0.4 is 16.0 Å². The maximum Gasteiger partial charge on any atom is 0.255 e. The van der Waals surface area contributed by atoms with Crippen molar-refractivity contribution in [2.24, 2.45) is 0 Å². The molecule has 2 aromatic rings. The van der Waals surface area contributed by atoms with Crippen LogP contribution in [0.4, 0.5) is 11.4 Å². The topological polar surface area (TPSA) is 79.5 Å². The largest absolute Gasteiger partial charge is 0.378 e. The fourth-order valence-corrected chi connectivity index (χ4v) is 2.80. The predicted octanol–water partition coefficient (Wildman–Crippen LogP) is 2.56. The van der Waals surface area contributed by atoms with Gasteiger partial charge in [0.05, 0.1) is 13.2 Å². The molecule has 26 heavy (non-hydrogen) atoms. The molecule has 0 saturated carbocycles. The third-order valence-corrected chi connectivity index (χ3v) is 4.24. The predicted molar refractivity (Wildman–Crippen MR) is 101 cm³/mol. The second-order valence-corrected chi connectivity index (χ2v) is 6.33. The molecule has 0 spiro atoms. The Morgan fingerprint density at radius 2 is 1.96 bits per heavy atom. The maximum atomic E-state index is 12.4. The van der Waals surface area contributed by atoms with Gasteiger partial charge in [-0.05, 0) is 36.8 Å². The van der Waals surface area contributed by atoms with E-state index in [1.54, 1.807) is 12.1 Å². The summed E-state index contributed by atoms with van der Waals surface area (Å²) in [6.07, 6.45) is 0.333. The van der Waals surface area contributed by atoms with Crippen molar-refractivity contribution in [2.45, 2.75) is 19.4 Å². The SMILES string of the molecule is Cc1ccc(C(=O)Nc2ccccc2)cc1NC(=O)CC1COCCN1. The first-order valence-corrected chi connectivity index (χ1v) is 8.70. The summed E-state index contributed by atoms with van der Waals surface area (Å²) in [6, 6.07) is 14.6. The van der Waals surface area contributed by atoms with Gasteiger partial charge in [-0.15, -0.1) is 0 Å². The Morgan fingerprint density at radius 1 is 1.15 bits per heavy atom. The van der Waals surface area contributed by atoms with Crippen LogP contribution in [0.15, 0.2) is 48.5 Å². The highest BCUT2D eigenvalue weighted by molar-refractivity contribution is 6.05. The molecule has 1 heterocycles. The number of nitrogens with one attached hydrogen (secondary N) is 3. The highest BCUT2D eigenvalue weighted by atomic mass is 16.5. The minimum Gasteiger partial charge on any atom is -0.378 e. The van der Waals surface area contributed by atoms with Gasteiger partial charge in [0, 0.05) is 35.9 Å². The number of aryl methyl sites for hydroxylation is 1. The molecule has 0 radical (unpaired) electrons. The third kappa shape index (κ3) is 4.91. The van der Waals surface area contributed by atoms with Crippen LogP contribution in [0.3, 0.4) is 0 Å². The molecule has 0 bridgehead atoms. The summed E-state index contributed by atoms with van der Waals surface area (Å²) >= 11 is 0. The second kappa shape index (κ2) is 8.60. The van der Waals surface area contributed by atoms with E-state index >= 15 is 0 Å². The highest BCUT2D eigenvalue weighted by Crippen LogP contribution is 2.19. The lowest BCUT2D eigenvalue weighted by atomic mass is 10.1. The van der Waals surface area contributed by atoms with Gasteiger partial charge < -0.3 is 20.7 Å². The normalized spacial score (nSPS) is 16.7. The number of hydrogen-bond acceptors (Lipinski definition) is 4. The van der Waals surface area contributed by atoms with Gasteiger partial charge in [0.1, 0.15) is 0 Å². The summed E-state index contributed by atoms with van der Waals surface area (Å²) in [5.41, 5.74) is 2.77. The summed E-state index contributed by atoms with van der Waals surface area (Å²) in [6.45, 7) is 3.87. The van der Waals surface area contributed by atoms with E-state index in [2.05, 4.69) is 16.0 Å². The maximum absolute atomic E-state index is 12.4. The van der Waals surface area contributed by atoms with Crippen molar-refractivity contribution in [3.05, 3.63) is 59.7 Å². The van der Waals surface area contributed by atoms with Crippen molar-refractivity contribution in [1.29, 1.82) is 0 Å². The number of anilines is 2. The van der Waals surface area contributed by atoms with Gasteiger partial charge in [-0.2, -0.15) is 0 Å². The highest BCUT2D eigenvalue weighted by Gasteiger charge is 2.18. The van der Waals surface area contributed by atoms with E-state index < -0.39 is 0 Å². The number of amides is 2. The number of ether oxygens (including phenoxy) is 1. The van der Waals surface area contributed by atoms with Crippen molar-refractivity contribution in [2.75, 3.05) is 30.4 Å². The molecule has 0 aliphatic carbocycles. The van der Waals surface area contributed by atoms with Crippen LogP contribution in [0.1, 0.15) is 22.3 Å². The molecule has 1 aliphatic heterocycles.